The van der Waals surface area contributed by atoms with Gasteiger partial charge in [-0.15, -0.1) is 10.2 Å². The molecule has 1 saturated heterocycles. The van der Waals surface area contributed by atoms with Gasteiger partial charge in [-0.1, -0.05) is 23.9 Å². The molecule has 0 N–H and O–H groups in total. The number of rotatable bonds is 4. The number of carbonyl (C=O) groups is 1. The predicted octanol–water partition coefficient (Wildman–Crippen LogP) is 1.84. The molecule has 1 amide bonds. The molecule has 23 heavy (non-hydrogen) atoms. The zero-order valence-corrected chi connectivity index (χ0v) is 14.2. The number of nitrogens with zero attached hydrogens (tertiary/aromatic N) is 4. The molecule has 1 aliphatic rings. The van der Waals surface area contributed by atoms with Gasteiger partial charge >= 0.3 is 0 Å². The average Bonchev–Trinajstić information content (AvgIpc) is 2.94. The Hall–Kier alpha value is -1.86. The molecule has 1 aromatic heterocycles. The van der Waals surface area contributed by atoms with Crippen LogP contribution in [0.3, 0.4) is 0 Å². The molecule has 1 aromatic carbocycles. The standard InChI is InChI=1S/C16H20N4O2S/c1-12-4-3-5-14(10-12)20-13(2)17-18-16(20)23-11-15(21)19-6-8-22-9-7-19/h3-5,10H,6-9,11H2,1-2H3. The number of carbonyl (C=O) groups excluding carboxylic acids is 1. The maximum atomic E-state index is 12.3. The Kier molecular flexibility index (Phi) is 4.97. The van der Waals surface area contributed by atoms with Gasteiger partial charge in [0.25, 0.3) is 0 Å². The molecule has 0 bridgehead atoms. The normalized spacial score (nSPS) is 15.0. The molecule has 2 heterocycles. The number of ether oxygens (including phenoxy) is 1. The van der Waals surface area contributed by atoms with Gasteiger partial charge in [0.1, 0.15) is 5.82 Å². The summed E-state index contributed by atoms with van der Waals surface area (Å²) in [5, 5.41) is 9.12. The lowest BCUT2D eigenvalue weighted by molar-refractivity contribution is -0.132. The molecule has 3 rings (SSSR count). The first-order chi connectivity index (χ1) is 11.1. The third-order valence-corrected chi connectivity index (χ3v) is 4.66. The summed E-state index contributed by atoms with van der Waals surface area (Å²) in [6, 6.07) is 8.18. The molecule has 1 fully saturated rings. The van der Waals surface area contributed by atoms with Crippen LogP contribution in [0.4, 0.5) is 0 Å². The van der Waals surface area contributed by atoms with Crippen LogP contribution in [-0.4, -0.2) is 57.6 Å². The molecule has 0 saturated carbocycles. The molecule has 1 aliphatic heterocycles. The fraction of sp³-hybridized carbons (Fsp3) is 0.438. The van der Waals surface area contributed by atoms with E-state index in [1.807, 2.05) is 28.5 Å². The van der Waals surface area contributed by atoms with Crippen molar-refractivity contribution in [3.63, 3.8) is 0 Å². The summed E-state index contributed by atoms with van der Waals surface area (Å²) < 4.78 is 7.27. The van der Waals surface area contributed by atoms with E-state index in [2.05, 4.69) is 29.3 Å². The van der Waals surface area contributed by atoms with E-state index >= 15 is 0 Å². The van der Waals surface area contributed by atoms with E-state index in [1.54, 1.807) is 0 Å². The molecule has 7 heteroatoms. The van der Waals surface area contributed by atoms with E-state index in [1.165, 1.54) is 17.3 Å². The first-order valence-electron chi connectivity index (χ1n) is 7.62. The highest BCUT2D eigenvalue weighted by Crippen LogP contribution is 2.22. The van der Waals surface area contributed by atoms with E-state index in [0.29, 0.717) is 32.1 Å². The van der Waals surface area contributed by atoms with E-state index in [4.69, 9.17) is 4.74 Å². The van der Waals surface area contributed by atoms with Crippen LogP contribution in [0, 0.1) is 13.8 Å². The van der Waals surface area contributed by atoms with Gasteiger partial charge in [-0.25, -0.2) is 0 Å². The Bertz CT molecular complexity index is 695. The van der Waals surface area contributed by atoms with Crippen LogP contribution >= 0.6 is 11.8 Å². The summed E-state index contributed by atoms with van der Waals surface area (Å²) in [7, 11) is 0. The number of aromatic nitrogens is 3. The zero-order valence-electron chi connectivity index (χ0n) is 13.4. The summed E-state index contributed by atoms with van der Waals surface area (Å²) in [6.45, 7) is 6.55. The van der Waals surface area contributed by atoms with Gasteiger partial charge in [0.2, 0.25) is 5.91 Å². The quantitative estimate of drug-likeness (QED) is 0.800. The topological polar surface area (TPSA) is 60.2 Å². The number of aryl methyl sites for hydroxylation is 2. The Morgan fingerprint density at radius 3 is 2.78 bits per heavy atom. The second-order valence-corrected chi connectivity index (χ2v) is 6.43. The Labute approximate surface area is 139 Å². The van der Waals surface area contributed by atoms with Gasteiger partial charge in [-0.3, -0.25) is 9.36 Å². The summed E-state index contributed by atoms with van der Waals surface area (Å²) in [6.07, 6.45) is 0. The lowest BCUT2D eigenvalue weighted by Crippen LogP contribution is -2.41. The SMILES string of the molecule is Cc1cccc(-n2c(C)nnc2SCC(=O)N2CCOCC2)c1. The number of benzene rings is 1. The zero-order chi connectivity index (χ0) is 16.2. The molecule has 0 unspecified atom stereocenters. The molecular formula is C16H20N4O2S. The maximum Gasteiger partial charge on any atom is 0.233 e. The highest BCUT2D eigenvalue weighted by molar-refractivity contribution is 7.99. The van der Waals surface area contributed by atoms with Crippen molar-refractivity contribution in [2.24, 2.45) is 0 Å². The number of amides is 1. The smallest absolute Gasteiger partial charge is 0.233 e. The number of hydrogen-bond donors (Lipinski definition) is 0. The minimum absolute atomic E-state index is 0.120. The lowest BCUT2D eigenvalue weighted by atomic mass is 10.2. The van der Waals surface area contributed by atoms with Crippen molar-refractivity contribution < 1.29 is 9.53 Å². The highest BCUT2D eigenvalue weighted by Gasteiger charge is 2.19. The first-order valence-corrected chi connectivity index (χ1v) is 8.61. The minimum atomic E-state index is 0.120. The largest absolute Gasteiger partial charge is 0.378 e. The molecule has 6 nitrogen and oxygen atoms in total. The summed E-state index contributed by atoms with van der Waals surface area (Å²) in [5.41, 5.74) is 2.20. The average molecular weight is 332 g/mol. The Morgan fingerprint density at radius 1 is 1.26 bits per heavy atom. The third-order valence-electron chi connectivity index (χ3n) is 3.74. The van der Waals surface area contributed by atoms with Gasteiger partial charge in [-0.05, 0) is 31.5 Å². The molecule has 2 aromatic rings. The number of thioether (sulfide) groups is 1. The van der Waals surface area contributed by atoms with Crippen molar-refractivity contribution >= 4 is 17.7 Å². The summed E-state index contributed by atoms with van der Waals surface area (Å²) in [5.74, 6) is 1.30. The second kappa shape index (κ2) is 7.14. The van der Waals surface area contributed by atoms with Gasteiger partial charge in [0.15, 0.2) is 5.16 Å². The van der Waals surface area contributed by atoms with Crippen LogP contribution < -0.4 is 0 Å². The fourth-order valence-corrected chi connectivity index (χ4v) is 3.43. The van der Waals surface area contributed by atoms with Crippen LogP contribution in [0.5, 0.6) is 0 Å². The van der Waals surface area contributed by atoms with E-state index < -0.39 is 0 Å². The molecular weight excluding hydrogens is 312 g/mol. The van der Waals surface area contributed by atoms with Crippen molar-refractivity contribution in [2.75, 3.05) is 32.1 Å². The number of morpholine rings is 1. The third kappa shape index (κ3) is 3.73. The lowest BCUT2D eigenvalue weighted by Gasteiger charge is -2.26. The van der Waals surface area contributed by atoms with Gasteiger partial charge in [-0.2, -0.15) is 0 Å². The molecule has 0 radical (unpaired) electrons. The monoisotopic (exact) mass is 332 g/mol. The van der Waals surface area contributed by atoms with Crippen LogP contribution in [0.25, 0.3) is 5.69 Å². The van der Waals surface area contributed by atoms with E-state index in [-0.39, 0.29) is 5.91 Å². The molecule has 122 valence electrons. The minimum Gasteiger partial charge on any atom is -0.378 e. The van der Waals surface area contributed by atoms with Gasteiger partial charge in [0.05, 0.1) is 19.0 Å². The predicted molar refractivity (Wildman–Crippen MR) is 89.0 cm³/mol. The molecule has 0 atom stereocenters. The van der Waals surface area contributed by atoms with Crippen LogP contribution in [-0.2, 0) is 9.53 Å². The molecule has 0 aliphatic carbocycles. The van der Waals surface area contributed by atoms with Crippen molar-refractivity contribution in [3.05, 3.63) is 35.7 Å². The molecule has 0 spiro atoms. The maximum absolute atomic E-state index is 12.3. The highest BCUT2D eigenvalue weighted by atomic mass is 32.2. The summed E-state index contributed by atoms with van der Waals surface area (Å²) in [4.78, 5) is 14.1. The second-order valence-electron chi connectivity index (χ2n) is 5.49. The first kappa shape index (κ1) is 16.0. The van der Waals surface area contributed by atoms with E-state index in [9.17, 15) is 4.79 Å². The van der Waals surface area contributed by atoms with Crippen molar-refractivity contribution in [2.45, 2.75) is 19.0 Å². The van der Waals surface area contributed by atoms with Crippen molar-refractivity contribution in [1.82, 2.24) is 19.7 Å². The van der Waals surface area contributed by atoms with Gasteiger partial charge in [0, 0.05) is 18.8 Å². The van der Waals surface area contributed by atoms with Crippen LogP contribution in [0.15, 0.2) is 29.4 Å². The fourth-order valence-electron chi connectivity index (χ4n) is 2.53. The Balaban J connectivity index is 1.72. The summed E-state index contributed by atoms with van der Waals surface area (Å²) >= 11 is 1.43. The Morgan fingerprint density at radius 2 is 2.04 bits per heavy atom. The van der Waals surface area contributed by atoms with E-state index in [0.717, 1.165) is 16.7 Å². The van der Waals surface area contributed by atoms with Crippen molar-refractivity contribution in [1.29, 1.82) is 0 Å². The van der Waals surface area contributed by atoms with Crippen molar-refractivity contribution in [3.8, 4) is 5.69 Å². The van der Waals surface area contributed by atoms with Crippen LogP contribution in [0.2, 0.25) is 0 Å². The number of hydrogen-bond acceptors (Lipinski definition) is 5. The van der Waals surface area contributed by atoms with Crippen LogP contribution in [0.1, 0.15) is 11.4 Å². The van der Waals surface area contributed by atoms with Gasteiger partial charge < -0.3 is 9.64 Å².